The molecule has 0 spiro atoms. The molecule has 3 rings (SSSR count). The minimum Gasteiger partial charge on any atom is -0.496 e. The fraction of sp³-hybridized carbons (Fsp3) is 0.150. The second kappa shape index (κ2) is 7.88. The van der Waals surface area contributed by atoms with E-state index in [-0.39, 0.29) is 38.4 Å². The maximum absolute atomic E-state index is 13.8. The number of pyridine rings is 1. The molecule has 0 saturated carbocycles. The molecule has 0 fully saturated rings. The van der Waals surface area contributed by atoms with Crippen LogP contribution in [0.5, 0.6) is 5.75 Å². The zero-order valence-electron chi connectivity index (χ0n) is 14.9. The first-order chi connectivity index (χ1) is 13.7. The number of fused-ring (bicyclic) bond motifs is 1. The molecule has 0 saturated heterocycles. The molecule has 0 unspecified atom stereocenters. The number of methoxy groups -OCH3 is 1. The lowest BCUT2D eigenvalue weighted by molar-refractivity contribution is -0.137. The Balaban J connectivity index is 2.53. The summed E-state index contributed by atoms with van der Waals surface area (Å²) < 4.78 is 59.0. The zero-order valence-corrected chi connectivity index (χ0v) is 15.7. The van der Waals surface area contributed by atoms with Crippen LogP contribution in [-0.2, 0) is 6.18 Å². The Bertz CT molecular complexity index is 1170. The molecule has 1 heterocycles. The van der Waals surface area contributed by atoms with E-state index in [0.717, 1.165) is 24.3 Å². The maximum Gasteiger partial charge on any atom is 0.416 e. The van der Waals surface area contributed by atoms with Crippen LogP contribution in [-0.4, -0.2) is 23.8 Å². The first-order valence-corrected chi connectivity index (χ1v) is 8.61. The molecule has 9 heteroatoms. The smallest absolute Gasteiger partial charge is 0.416 e. The van der Waals surface area contributed by atoms with Gasteiger partial charge in [-0.2, -0.15) is 13.2 Å². The van der Waals surface area contributed by atoms with Crippen molar-refractivity contribution < 1.29 is 27.4 Å². The van der Waals surface area contributed by atoms with Crippen LogP contribution >= 0.6 is 11.6 Å². The van der Waals surface area contributed by atoms with Crippen molar-refractivity contribution in [2.75, 3.05) is 13.7 Å². The van der Waals surface area contributed by atoms with Gasteiger partial charge in [-0.1, -0.05) is 11.6 Å². The fourth-order valence-corrected chi connectivity index (χ4v) is 3.16. The van der Waals surface area contributed by atoms with Crippen LogP contribution < -0.4 is 10.3 Å². The summed E-state index contributed by atoms with van der Waals surface area (Å²) >= 11 is 6.05. The van der Waals surface area contributed by atoms with Crippen molar-refractivity contribution in [1.82, 2.24) is 4.98 Å². The van der Waals surface area contributed by atoms with Crippen molar-refractivity contribution in [3.8, 4) is 16.9 Å². The van der Waals surface area contributed by atoms with Crippen molar-refractivity contribution in [3.63, 3.8) is 0 Å². The highest BCUT2D eigenvalue weighted by Crippen LogP contribution is 2.40. The maximum atomic E-state index is 13.8. The SMILES string of the molecule is COc1ccc(Cl)cc1-c1c(/C=C(\F)CO)c(=O)[nH]c2ccc(C(F)(F)F)cc12. The predicted molar refractivity (Wildman–Crippen MR) is 103 cm³/mol. The minimum absolute atomic E-state index is 0.00204. The number of alkyl halides is 3. The molecule has 0 aliphatic rings. The fourth-order valence-electron chi connectivity index (χ4n) is 2.99. The van der Waals surface area contributed by atoms with Gasteiger partial charge >= 0.3 is 6.18 Å². The normalized spacial score (nSPS) is 12.4. The van der Waals surface area contributed by atoms with Gasteiger partial charge in [0.1, 0.15) is 11.6 Å². The summed E-state index contributed by atoms with van der Waals surface area (Å²) in [4.78, 5) is 15.0. The van der Waals surface area contributed by atoms with E-state index in [0.29, 0.717) is 0 Å². The van der Waals surface area contributed by atoms with E-state index < -0.39 is 29.7 Å². The van der Waals surface area contributed by atoms with Gasteiger partial charge in [-0.15, -0.1) is 0 Å². The molecule has 2 aromatic carbocycles. The lowest BCUT2D eigenvalue weighted by Crippen LogP contribution is -2.13. The van der Waals surface area contributed by atoms with Gasteiger partial charge < -0.3 is 14.8 Å². The van der Waals surface area contributed by atoms with Crippen LogP contribution in [0.2, 0.25) is 5.02 Å². The van der Waals surface area contributed by atoms with E-state index in [1.54, 1.807) is 0 Å². The highest BCUT2D eigenvalue weighted by Gasteiger charge is 2.31. The molecule has 1 aromatic heterocycles. The van der Waals surface area contributed by atoms with Crippen LogP contribution in [0.25, 0.3) is 28.1 Å². The number of aromatic nitrogens is 1. The van der Waals surface area contributed by atoms with Gasteiger partial charge in [-0.05, 0) is 42.5 Å². The summed E-state index contributed by atoms with van der Waals surface area (Å²) in [5, 5.41) is 9.25. The third-order valence-corrected chi connectivity index (χ3v) is 4.50. The van der Waals surface area contributed by atoms with Gasteiger partial charge in [0.15, 0.2) is 0 Å². The van der Waals surface area contributed by atoms with E-state index in [2.05, 4.69) is 4.98 Å². The third kappa shape index (κ3) is 4.13. The molecule has 0 aliphatic heterocycles. The number of halogens is 5. The van der Waals surface area contributed by atoms with Crippen molar-refractivity contribution >= 4 is 28.6 Å². The minimum atomic E-state index is -4.63. The molecular formula is C20H14ClF4NO3. The van der Waals surface area contributed by atoms with Gasteiger partial charge in [-0.3, -0.25) is 4.79 Å². The first kappa shape index (κ1) is 20.9. The monoisotopic (exact) mass is 427 g/mol. The van der Waals surface area contributed by atoms with Crippen molar-refractivity contribution in [3.05, 3.63) is 68.7 Å². The van der Waals surface area contributed by atoms with Gasteiger partial charge in [0.2, 0.25) is 0 Å². The summed E-state index contributed by atoms with van der Waals surface area (Å²) in [5.74, 6) is -0.818. The number of benzene rings is 2. The molecule has 2 N–H and O–H groups in total. The Morgan fingerprint density at radius 1 is 1.24 bits per heavy atom. The first-order valence-electron chi connectivity index (χ1n) is 8.23. The van der Waals surface area contributed by atoms with Gasteiger partial charge in [0.05, 0.1) is 24.8 Å². The Labute approximate surface area is 167 Å². The largest absolute Gasteiger partial charge is 0.496 e. The van der Waals surface area contributed by atoms with Crippen molar-refractivity contribution in [2.24, 2.45) is 0 Å². The van der Waals surface area contributed by atoms with Gasteiger partial charge in [-0.25, -0.2) is 4.39 Å². The van der Waals surface area contributed by atoms with E-state index >= 15 is 0 Å². The Morgan fingerprint density at radius 2 is 1.97 bits per heavy atom. The van der Waals surface area contributed by atoms with E-state index in [9.17, 15) is 22.4 Å². The van der Waals surface area contributed by atoms with Crippen LogP contribution in [0.1, 0.15) is 11.1 Å². The zero-order chi connectivity index (χ0) is 21.3. The molecule has 4 nitrogen and oxygen atoms in total. The van der Waals surface area contributed by atoms with Crippen LogP contribution in [0, 0.1) is 0 Å². The molecular weight excluding hydrogens is 414 g/mol. The lowest BCUT2D eigenvalue weighted by atomic mass is 9.94. The summed E-state index contributed by atoms with van der Waals surface area (Å²) in [5.41, 5.74) is -1.66. The van der Waals surface area contributed by atoms with Crippen molar-refractivity contribution in [2.45, 2.75) is 6.18 Å². The molecule has 3 aromatic rings. The number of H-pyrrole nitrogens is 1. The summed E-state index contributed by atoms with van der Waals surface area (Å²) in [7, 11) is 1.34. The van der Waals surface area contributed by atoms with E-state index in [1.807, 2.05) is 0 Å². The Hall–Kier alpha value is -2.84. The average molecular weight is 428 g/mol. The number of aromatic amines is 1. The highest BCUT2D eigenvalue weighted by molar-refractivity contribution is 6.31. The van der Waals surface area contributed by atoms with Crippen LogP contribution in [0.3, 0.4) is 0 Å². The topological polar surface area (TPSA) is 62.3 Å². The van der Waals surface area contributed by atoms with Crippen molar-refractivity contribution in [1.29, 1.82) is 0 Å². The predicted octanol–water partition coefficient (Wildman–Crippen LogP) is 5.18. The highest BCUT2D eigenvalue weighted by atomic mass is 35.5. The molecule has 0 atom stereocenters. The third-order valence-electron chi connectivity index (χ3n) is 4.26. The van der Waals surface area contributed by atoms with E-state index in [4.69, 9.17) is 21.4 Å². The molecule has 29 heavy (non-hydrogen) atoms. The standard InChI is InChI=1S/C20H14ClF4NO3/c1-29-17-5-3-11(21)7-14(17)18-13-6-10(20(23,24)25)2-4-16(13)26-19(28)15(18)8-12(22)9-27/h2-8,27H,9H2,1H3,(H,26,28)/b12-8-. The van der Waals surface area contributed by atoms with Gasteiger partial charge in [0, 0.05) is 27.1 Å². The van der Waals surface area contributed by atoms with Crippen LogP contribution in [0.4, 0.5) is 17.6 Å². The quantitative estimate of drug-likeness (QED) is 0.564. The summed E-state index contributed by atoms with van der Waals surface area (Å²) in [6.07, 6.45) is -3.86. The number of aliphatic hydroxyl groups is 1. The summed E-state index contributed by atoms with van der Waals surface area (Å²) in [6.45, 7) is -0.980. The molecule has 0 radical (unpaired) electrons. The number of hydrogen-bond acceptors (Lipinski definition) is 3. The Kier molecular flexibility index (Phi) is 5.68. The van der Waals surface area contributed by atoms with Gasteiger partial charge in [0.25, 0.3) is 5.56 Å². The molecule has 0 bridgehead atoms. The number of hydrogen-bond donors (Lipinski definition) is 2. The number of rotatable bonds is 4. The number of ether oxygens (including phenoxy) is 1. The number of nitrogens with one attached hydrogen (secondary N) is 1. The second-order valence-corrected chi connectivity index (χ2v) is 6.53. The van der Waals surface area contributed by atoms with Crippen LogP contribution in [0.15, 0.2) is 47.0 Å². The summed E-state index contributed by atoms with van der Waals surface area (Å²) in [6, 6.07) is 7.20. The lowest BCUT2D eigenvalue weighted by Gasteiger charge is -2.16. The second-order valence-electron chi connectivity index (χ2n) is 6.09. The molecule has 0 aliphatic carbocycles. The molecule has 152 valence electrons. The Morgan fingerprint density at radius 3 is 2.59 bits per heavy atom. The van der Waals surface area contributed by atoms with E-state index in [1.165, 1.54) is 25.3 Å². The number of aliphatic hydroxyl groups excluding tert-OH is 1. The average Bonchev–Trinajstić information content (AvgIpc) is 2.67. The molecule has 0 amide bonds.